The number of nitrogens with two attached hydrogens (primary N) is 1. The number of benzene rings is 7. The van der Waals surface area contributed by atoms with Crippen molar-refractivity contribution in [2.45, 2.75) is 35.7 Å². The number of methoxy groups -OCH3 is 1. The van der Waals surface area contributed by atoms with Gasteiger partial charge in [0.25, 0.3) is 11.8 Å². The first-order chi connectivity index (χ1) is 41.2. The van der Waals surface area contributed by atoms with Gasteiger partial charge in [0.2, 0.25) is 5.60 Å². The fourth-order valence-electron chi connectivity index (χ4n) is 10.6. The fourth-order valence-corrected chi connectivity index (χ4v) is 13.2. The van der Waals surface area contributed by atoms with Gasteiger partial charge in [-0.3, -0.25) is 14.5 Å². The molecule has 0 saturated carbocycles. The van der Waals surface area contributed by atoms with Crippen molar-refractivity contribution < 1.29 is 33.3 Å². The summed E-state index contributed by atoms with van der Waals surface area (Å²) in [6, 6.07) is 69.4. The average Bonchev–Trinajstić information content (AvgIpc) is 1.96. The summed E-state index contributed by atoms with van der Waals surface area (Å²) in [6.45, 7) is 0.157. The lowest BCUT2D eigenvalue weighted by Crippen LogP contribution is -2.71. The molecule has 84 heavy (non-hydrogen) atoms. The molecule has 2 aliphatic rings. The van der Waals surface area contributed by atoms with Gasteiger partial charge in [0.1, 0.15) is 40.7 Å². The smallest absolute Gasteiger partial charge is 0.355 e. The number of thioether (sulfide) groups is 1. The zero-order valence-corrected chi connectivity index (χ0v) is 47.7. The summed E-state index contributed by atoms with van der Waals surface area (Å²) in [6.07, 6.45) is 3.72. The second kappa shape index (κ2) is 24.4. The summed E-state index contributed by atoms with van der Waals surface area (Å²) in [5, 5.41) is 13.6. The number of nitrogen functional groups attached to an aromatic ring is 1. The predicted molar refractivity (Wildman–Crippen MR) is 327 cm³/mol. The molecule has 18 heteroatoms. The number of hydrogen-bond donors (Lipinski definition) is 3. The Bertz CT molecular complexity index is 3810. The largest absolute Gasteiger partial charge is 0.497 e. The third kappa shape index (κ3) is 10.9. The minimum Gasteiger partial charge on any atom is -0.497 e. The van der Waals surface area contributed by atoms with Crippen molar-refractivity contribution in [2.75, 3.05) is 23.9 Å². The van der Waals surface area contributed by atoms with E-state index in [1.165, 1.54) is 28.0 Å². The highest BCUT2D eigenvalue weighted by Gasteiger charge is 2.55. The molecule has 1 saturated heterocycles. The lowest BCUT2D eigenvalue weighted by atomic mass is 9.77. The second-order valence-electron chi connectivity index (χ2n) is 19.8. The van der Waals surface area contributed by atoms with Gasteiger partial charge in [-0.15, -0.1) is 23.1 Å². The van der Waals surface area contributed by atoms with Gasteiger partial charge in [0, 0.05) is 51.0 Å². The zero-order valence-electron chi connectivity index (χ0n) is 45.2. The number of aromatic nitrogens is 4. The van der Waals surface area contributed by atoms with Crippen LogP contribution < -0.4 is 25.7 Å². The quantitative estimate of drug-likeness (QED) is 0.0164. The van der Waals surface area contributed by atoms with Crippen LogP contribution in [-0.4, -0.2) is 67.0 Å². The number of ether oxygens (including phenoxy) is 2. The van der Waals surface area contributed by atoms with E-state index in [1.807, 2.05) is 187 Å². The van der Waals surface area contributed by atoms with Crippen LogP contribution in [0.15, 0.2) is 253 Å². The number of hydrogen-bond acceptors (Lipinski definition) is 15. The molecule has 0 unspecified atom stereocenters. The van der Waals surface area contributed by atoms with Gasteiger partial charge in [0.15, 0.2) is 40.7 Å². The number of anilines is 2. The van der Waals surface area contributed by atoms with E-state index >= 15 is 4.79 Å². The highest BCUT2D eigenvalue weighted by Crippen LogP contribution is 2.44. The van der Waals surface area contributed by atoms with E-state index < -0.39 is 40.3 Å². The Morgan fingerprint density at radius 3 is 1.79 bits per heavy atom. The number of carbonyl (C=O) groups is 3. The van der Waals surface area contributed by atoms with E-state index in [4.69, 9.17) is 30.2 Å². The van der Waals surface area contributed by atoms with Gasteiger partial charge >= 0.3 is 5.97 Å². The third-order valence-corrected chi connectivity index (χ3v) is 17.3. The average molecular weight is 1170 g/mol. The predicted octanol–water partition coefficient (Wildman–Crippen LogP) is 10.8. The normalized spacial score (nSPS) is 15.1. The topological polar surface area (TPSA) is 187 Å². The summed E-state index contributed by atoms with van der Waals surface area (Å²) in [5.74, 6) is -0.485. The zero-order chi connectivity index (χ0) is 57.5. The molecule has 0 bridgehead atoms. The van der Waals surface area contributed by atoms with Crippen molar-refractivity contribution in [1.82, 2.24) is 24.6 Å². The molecular weight excluding hydrogens is 1110 g/mol. The molecule has 0 radical (unpaired) electrons. The number of nitrogens with zero attached hydrogens (tertiary/aromatic N) is 6. The number of oxime groups is 1. The molecule has 15 nitrogen and oxygen atoms in total. The molecule has 5 heterocycles. The van der Waals surface area contributed by atoms with Crippen LogP contribution in [-0.2, 0) is 48.2 Å². The number of β-lactam (4-membered cyclic amide) rings is 1. The van der Waals surface area contributed by atoms with Crippen LogP contribution in [0.4, 0.5) is 10.3 Å². The van der Waals surface area contributed by atoms with E-state index in [1.54, 1.807) is 24.6 Å². The maximum atomic E-state index is 15.5. The SMILES string of the molecule is COc1ccc(COC(=O)C2=C(C[n+]3cccc(-c4nsc(N)n4)c3)CS[C@H]3[C@H](NC(=O)C(=NOC(c4ccccc4)(c4ccccc4)c4ccccc4)c4csc(NC(c5ccccc5)(c5ccccc5)c5ccccc5)n4)C(=O)N23)cc1. The number of thiazole rings is 1. The Labute approximate surface area is 497 Å². The van der Waals surface area contributed by atoms with Crippen LogP contribution >= 0.6 is 34.6 Å². The lowest BCUT2D eigenvalue weighted by Gasteiger charge is -2.49. The van der Waals surface area contributed by atoms with Gasteiger partial charge in [-0.1, -0.05) is 199 Å². The monoisotopic (exact) mass is 1160 g/mol. The molecular formula is C66H54N9O6S3+. The van der Waals surface area contributed by atoms with Crippen molar-refractivity contribution >= 4 is 68.4 Å². The van der Waals surface area contributed by atoms with Gasteiger partial charge in [-0.2, -0.15) is 9.36 Å². The Balaban J connectivity index is 0.924. The molecule has 3 aromatic heterocycles. The van der Waals surface area contributed by atoms with Crippen LogP contribution in [0.1, 0.15) is 44.6 Å². The Morgan fingerprint density at radius 1 is 0.714 bits per heavy atom. The first-order valence-corrected chi connectivity index (χ1v) is 29.6. The van der Waals surface area contributed by atoms with Crippen LogP contribution in [0, 0.1) is 0 Å². The van der Waals surface area contributed by atoms with Crippen molar-refractivity contribution in [3.05, 3.63) is 292 Å². The van der Waals surface area contributed by atoms with Gasteiger partial charge < -0.3 is 30.7 Å². The molecule has 1 fully saturated rings. The molecule has 2 aliphatic heterocycles. The standard InChI is InChI=1S/C66H53N9O6S3/c1-79-53-36-34-44(35-37-53)41-80-62(78)57-46(40-74-38-20-21-45(39-74)58-70-63(67)84-73-58)42-82-61-56(60(77)75(57)61)69-59(76)55(72-81-66(50-28-14-5-15-29-50,51-30-16-6-17-31-51)52-32-18-7-19-33-52)54-43-83-64(68-54)71-65(47-22-8-2-9-23-47,48-24-10-3-11-25-48)49-26-12-4-13-27-49/h2-39,43,56,61H,40-42H2,1H3,(H3-,67,68,69,70,71,73,76)/p+1/t56-,61+/m1/s1. The second-order valence-corrected chi connectivity index (χ2v) is 22.5. The summed E-state index contributed by atoms with van der Waals surface area (Å²) in [5.41, 5.74) is 10.9. The number of pyridine rings is 1. The van der Waals surface area contributed by atoms with Gasteiger partial charge in [-0.25, -0.2) is 14.3 Å². The van der Waals surface area contributed by atoms with Crippen LogP contribution in [0.2, 0.25) is 0 Å². The number of nitrogens with one attached hydrogen (secondary N) is 2. The molecule has 2 amide bonds. The van der Waals surface area contributed by atoms with Crippen molar-refractivity contribution in [1.29, 1.82) is 0 Å². The number of fused-ring (bicyclic) bond motifs is 1. The number of amides is 2. The first-order valence-electron chi connectivity index (χ1n) is 26.9. The first kappa shape index (κ1) is 54.8. The Morgan fingerprint density at radius 2 is 1.26 bits per heavy atom. The number of rotatable bonds is 20. The highest BCUT2D eigenvalue weighted by atomic mass is 32.2. The molecule has 416 valence electrons. The van der Waals surface area contributed by atoms with E-state index in [0.29, 0.717) is 33.2 Å². The van der Waals surface area contributed by atoms with Crippen LogP contribution in [0.25, 0.3) is 11.4 Å². The highest BCUT2D eigenvalue weighted by molar-refractivity contribution is 8.00. The molecule has 7 aromatic carbocycles. The lowest BCUT2D eigenvalue weighted by molar-refractivity contribution is -0.688. The molecule has 0 spiro atoms. The van der Waals surface area contributed by atoms with Crippen molar-refractivity contribution in [2.24, 2.45) is 5.16 Å². The van der Waals surface area contributed by atoms with E-state index in [9.17, 15) is 9.59 Å². The molecule has 10 aromatic rings. The van der Waals surface area contributed by atoms with E-state index in [2.05, 4.69) is 56.4 Å². The van der Waals surface area contributed by atoms with Crippen LogP contribution in [0.5, 0.6) is 5.75 Å². The van der Waals surface area contributed by atoms with E-state index in [-0.39, 0.29) is 30.3 Å². The minimum absolute atomic E-state index is 0.0664. The van der Waals surface area contributed by atoms with Gasteiger partial charge in [-0.05, 0) is 40.5 Å². The maximum absolute atomic E-state index is 15.5. The molecule has 12 rings (SSSR count). The van der Waals surface area contributed by atoms with Crippen molar-refractivity contribution in [3.8, 4) is 17.1 Å². The third-order valence-electron chi connectivity index (χ3n) is 14.7. The van der Waals surface area contributed by atoms with E-state index in [0.717, 1.165) is 56.0 Å². The molecule has 4 N–H and O–H groups in total. The summed E-state index contributed by atoms with van der Waals surface area (Å²) in [4.78, 5) is 63.0. The van der Waals surface area contributed by atoms with Crippen molar-refractivity contribution in [3.63, 3.8) is 0 Å². The molecule has 0 aliphatic carbocycles. The number of esters is 1. The molecule has 2 atom stereocenters. The Kier molecular flexibility index (Phi) is 15.9. The maximum Gasteiger partial charge on any atom is 0.355 e. The fraction of sp³-hybridized carbons (Fsp3) is 0.121. The van der Waals surface area contributed by atoms with Crippen LogP contribution in [0.3, 0.4) is 0 Å². The van der Waals surface area contributed by atoms with Gasteiger partial charge in [0.05, 0.1) is 12.7 Å². The summed E-state index contributed by atoms with van der Waals surface area (Å²) < 4.78 is 17.6. The minimum atomic E-state index is -1.39. The Hall–Kier alpha value is -9.75. The number of carbonyl (C=O) groups excluding carboxylic acids is 3. The summed E-state index contributed by atoms with van der Waals surface area (Å²) >= 11 is 3.82. The summed E-state index contributed by atoms with van der Waals surface area (Å²) in [7, 11) is 1.58.